The van der Waals surface area contributed by atoms with E-state index in [1.54, 1.807) is 0 Å². The lowest BCUT2D eigenvalue weighted by Crippen LogP contribution is -2.19. The summed E-state index contributed by atoms with van der Waals surface area (Å²) < 4.78 is 5.19. The maximum Gasteiger partial charge on any atom is 0.143 e. The van der Waals surface area contributed by atoms with Crippen molar-refractivity contribution in [3.05, 3.63) is 52.9 Å². The molecule has 1 aromatic heterocycles. The van der Waals surface area contributed by atoms with E-state index in [0.29, 0.717) is 11.6 Å². The zero-order chi connectivity index (χ0) is 12.5. The van der Waals surface area contributed by atoms with Crippen LogP contribution in [0.25, 0.3) is 0 Å². The van der Waals surface area contributed by atoms with Gasteiger partial charge in [0.25, 0.3) is 0 Å². The van der Waals surface area contributed by atoms with Crippen molar-refractivity contribution in [1.29, 1.82) is 0 Å². The first kappa shape index (κ1) is 11.0. The van der Waals surface area contributed by atoms with Crippen molar-refractivity contribution >= 4 is 5.71 Å². The SMILES string of the molecule is Cc1onc2c1C(=NO)CC(c1ccccc1)C2. The normalized spacial score (nSPS) is 20.9. The minimum absolute atomic E-state index is 0.300. The van der Waals surface area contributed by atoms with Gasteiger partial charge in [-0.05, 0) is 18.4 Å². The van der Waals surface area contributed by atoms with E-state index >= 15 is 0 Å². The van der Waals surface area contributed by atoms with E-state index in [2.05, 4.69) is 22.4 Å². The molecule has 0 saturated heterocycles. The van der Waals surface area contributed by atoms with E-state index in [1.807, 2.05) is 25.1 Å². The average molecular weight is 242 g/mol. The van der Waals surface area contributed by atoms with Crippen LogP contribution >= 0.6 is 0 Å². The highest BCUT2D eigenvalue weighted by Gasteiger charge is 2.30. The molecule has 0 amide bonds. The first-order chi connectivity index (χ1) is 8.79. The number of benzene rings is 1. The summed E-state index contributed by atoms with van der Waals surface area (Å²) >= 11 is 0. The Morgan fingerprint density at radius 3 is 2.78 bits per heavy atom. The fraction of sp³-hybridized carbons (Fsp3) is 0.286. The van der Waals surface area contributed by atoms with Crippen LogP contribution in [0.2, 0.25) is 0 Å². The quantitative estimate of drug-likeness (QED) is 0.618. The molecule has 1 atom stereocenters. The molecule has 1 aromatic carbocycles. The van der Waals surface area contributed by atoms with E-state index in [-0.39, 0.29) is 0 Å². The molecule has 1 heterocycles. The van der Waals surface area contributed by atoms with Gasteiger partial charge < -0.3 is 9.73 Å². The number of hydrogen-bond acceptors (Lipinski definition) is 4. The van der Waals surface area contributed by atoms with Crippen LogP contribution in [0.15, 0.2) is 40.0 Å². The van der Waals surface area contributed by atoms with Crippen molar-refractivity contribution in [2.75, 3.05) is 0 Å². The second kappa shape index (κ2) is 4.29. The molecule has 92 valence electrons. The third-order valence-electron chi connectivity index (χ3n) is 3.49. The summed E-state index contributed by atoms with van der Waals surface area (Å²) in [5.74, 6) is 1.03. The van der Waals surface area contributed by atoms with Crippen molar-refractivity contribution in [2.45, 2.75) is 25.7 Å². The van der Waals surface area contributed by atoms with Crippen molar-refractivity contribution in [1.82, 2.24) is 5.16 Å². The predicted octanol–water partition coefficient (Wildman–Crippen LogP) is 2.89. The maximum absolute atomic E-state index is 9.16. The Balaban J connectivity index is 2.01. The second-order valence-corrected chi connectivity index (χ2v) is 4.62. The van der Waals surface area contributed by atoms with Gasteiger partial charge in [-0.25, -0.2) is 0 Å². The van der Waals surface area contributed by atoms with Crippen LogP contribution in [0.5, 0.6) is 0 Å². The van der Waals surface area contributed by atoms with Crippen LogP contribution in [0.3, 0.4) is 0 Å². The summed E-state index contributed by atoms with van der Waals surface area (Å²) in [4.78, 5) is 0. The lowest BCUT2D eigenvalue weighted by Gasteiger charge is -2.22. The standard InChI is InChI=1S/C14H14N2O2/c1-9-14-12(15-17)7-11(8-13(14)16-18-9)10-5-3-2-4-6-10/h2-6,11,17H,7-8H2,1H3. The lowest BCUT2D eigenvalue weighted by molar-refractivity contribution is 0.317. The van der Waals surface area contributed by atoms with E-state index in [1.165, 1.54) is 5.56 Å². The minimum Gasteiger partial charge on any atom is -0.411 e. The van der Waals surface area contributed by atoms with Crippen LogP contribution < -0.4 is 0 Å². The topological polar surface area (TPSA) is 58.6 Å². The molecule has 1 N–H and O–H groups in total. The van der Waals surface area contributed by atoms with Crippen molar-refractivity contribution in [2.24, 2.45) is 5.16 Å². The summed E-state index contributed by atoms with van der Waals surface area (Å²) in [7, 11) is 0. The zero-order valence-corrected chi connectivity index (χ0v) is 10.1. The lowest BCUT2D eigenvalue weighted by atomic mass is 9.81. The largest absolute Gasteiger partial charge is 0.411 e. The van der Waals surface area contributed by atoms with Crippen LogP contribution in [0.1, 0.15) is 34.9 Å². The van der Waals surface area contributed by atoms with Crippen LogP contribution in [-0.4, -0.2) is 16.1 Å². The van der Waals surface area contributed by atoms with Gasteiger partial charge in [-0.1, -0.05) is 40.6 Å². The van der Waals surface area contributed by atoms with Gasteiger partial charge in [0.1, 0.15) is 5.76 Å². The molecule has 4 heteroatoms. The average Bonchev–Trinajstić information content (AvgIpc) is 2.81. The Morgan fingerprint density at radius 1 is 1.28 bits per heavy atom. The Labute approximate surface area is 105 Å². The Morgan fingerprint density at radius 2 is 2.06 bits per heavy atom. The molecular formula is C14H14N2O2. The molecule has 0 fully saturated rings. The Bertz CT molecular complexity index is 587. The summed E-state index contributed by atoms with van der Waals surface area (Å²) in [6.45, 7) is 1.85. The van der Waals surface area contributed by atoms with Gasteiger partial charge in [-0.3, -0.25) is 0 Å². The summed E-state index contributed by atoms with van der Waals surface area (Å²) in [5, 5.41) is 16.6. The molecule has 0 spiro atoms. The third kappa shape index (κ3) is 1.70. The van der Waals surface area contributed by atoms with Crippen molar-refractivity contribution < 1.29 is 9.73 Å². The summed E-state index contributed by atoms with van der Waals surface area (Å²) in [6.07, 6.45) is 1.55. The number of rotatable bonds is 1. The highest BCUT2D eigenvalue weighted by atomic mass is 16.5. The Hall–Kier alpha value is -2.10. The molecule has 1 aliphatic carbocycles. The summed E-state index contributed by atoms with van der Waals surface area (Å²) in [6, 6.07) is 10.2. The van der Waals surface area contributed by atoms with Gasteiger partial charge >= 0.3 is 0 Å². The number of fused-ring (bicyclic) bond motifs is 1. The Kier molecular flexibility index (Phi) is 2.63. The van der Waals surface area contributed by atoms with Crippen molar-refractivity contribution in [3.63, 3.8) is 0 Å². The minimum atomic E-state index is 0.300. The van der Waals surface area contributed by atoms with E-state index in [0.717, 1.165) is 29.9 Å². The van der Waals surface area contributed by atoms with Gasteiger partial charge in [0.15, 0.2) is 0 Å². The predicted molar refractivity (Wildman–Crippen MR) is 67.1 cm³/mol. The maximum atomic E-state index is 9.16. The van der Waals surface area contributed by atoms with Gasteiger partial charge in [0.05, 0.1) is 17.0 Å². The van der Waals surface area contributed by atoms with Gasteiger partial charge in [-0.2, -0.15) is 0 Å². The third-order valence-corrected chi connectivity index (χ3v) is 3.49. The van der Waals surface area contributed by atoms with Crippen LogP contribution in [0, 0.1) is 6.92 Å². The number of aromatic nitrogens is 1. The number of oxime groups is 1. The van der Waals surface area contributed by atoms with Crippen LogP contribution in [-0.2, 0) is 6.42 Å². The highest BCUT2D eigenvalue weighted by molar-refractivity contribution is 6.03. The molecule has 0 aliphatic heterocycles. The zero-order valence-electron chi connectivity index (χ0n) is 10.1. The molecule has 1 unspecified atom stereocenters. The fourth-order valence-corrected chi connectivity index (χ4v) is 2.62. The molecule has 3 rings (SSSR count). The molecular weight excluding hydrogens is 228 g/mol. The first-order valence-electron chi connectivity index (χ1n) is 6.01. The van der Waals surface area contributed by atoms with Gasteiger partial charge in [0, 0.05) is 12.8 Å². The van der Waals surface area contributed by atoms with E-state index in [4.69, 9.17) is 9.73 Å². The molecule has 1 aliphatic rings. The highest BCUT2D eigenvalue weighted by Crippen LogP contribution is 2.33. The number of aryl methyl sites for hydroxylation is 1. The molecule has 0 saturated carbocycles. The molecule has 2 aromatic rings. The second-order valence-electron chi connectivity index (χ2n) is 4.62. The molecule has 0 bridgehead atoms. The smallest absolute Gasteiger partial charge is 0.143 e. The van der Waals surface area contributed by atoms with Crippen molar-refractivity contribution in [3.8, 4) is 0 Å². The van der Waals surface area contributed by atoms with Crippen LogP contribution in [0.4, 0.5) is 0 Å². The molecule has 4 nitrogen and oxygen atoms in total. The van der Waals surface area contributed by atoms with E-state index in [9.17, 15) is 0 Å². The first-order valence-corrected chi connectivity index (χ1v) is 6.01. The monoisotopic (exact) mass is 242 g/mol. The number of nitrogens with zero attached hydrogens (tertiary/aromatic N) is 2. The van der Waals surface area contributed by atoms with Gasteiger partial charge in [-0.15, -0.1) is 0 Å². The fourth-order valence-electron chi connectivity index (χ4n) is 2.62. The van der Waals surface area contributed by atoms with Gasteiger partial charge in [0.2, 0.25) is 0 Å². The molecule has 18 heavy (non-hydrogen) atoms. The molecule has 0 radical (unpaired) electrons. The van der Waals surface area contributed by atoms with E-state index < -0.39 is 0 Å². The number of hydrogen-bond donors (Lipinski definition) is 1. The summed E-state index contributed by atoms with van der Waals surface area (Å²) in [5.41, 5.74) is 3.68.